The molecule has 1 aliphatic rings. The van der Waals surface area contributed by atoms with Crippen molar-refractivity contribution in [2.75, 3.05) is 18.1 Å². The molecule has 4 nitrogen and oxygen atoms in total. The Bertz CT molecular complexity index is 1070. The molecule has 0 spiro atoms. The lowest BCUT2D eigenvalue weighted by atomic mass is 9.94. The second kappa shape index (κ2) is 10.0. The molecule has 4 rings (SSSR count). The zero-order valence-electron chi connectivity index (χ0n) is 17.8. The highest BCUT2D eigenvalue weighted by molar-refractivity contribution is 8.00. The summed E-state index contributed by atoms with van der Waals surface area (Å²) in [5.41, 5.74) is 1.38. The zero-order valence-corrected chi connectivity index (χ0v) is 18.7. The Hall–Kier alpha value is -2.79. The van der Waals surface area contributed by atoms with Crippen LogP contribution >= 0.6 is 11.8 Å². The van der Waals surface area contributed by atoms with Gasteiger partial charge in [0.05, 0.1) is 11.3 Å². The molecule has 1 fully saturated rings. The van der Waals surface area contributed by atoms with E-state index >= 15 is 0 Å². The minimum atomic E-state index is -0.160. The molecular weight excluding hydrogens is 404 g/mol. The second-order valence-electron chi connectivity index (χ2n) is 8.06. The van der Waals surface area contributed by atoms with Crippen molar-refractivity contribution in [1.29, 1.82) is 0 Å². The maximum Gasteiger partial charge on any atom is 0.256 e. The number of hydrogen-bond acceptors (Lipinski definition) is 3. The molecule has 5 heteroatoms. The average molecular weight is 433 g/mol. The number of carbonyl (C=O) groups is 2. The molecule has 1 aliphatic carbocycles. The van der Waals surface area contributed by atoms with Crippen LogP contribution in [0.5, 0.6) is 0 Å². The molecule has 0 saturated heterocycles. The Morgan fingerprint density at radius 2 is 1.65 bits per heavy atom. The van der Waals surface area contributed by atoms with Crippen molar-refractivity contribution in [2.45, 2.75) is 43.0 Å². The van der Waals surface area contributed by atoms with Crippen molar-refractivity contribution in [2.24, 2.45) is 0 Å². The predicted octanol–water partition coefficient (Wildman–Crippen LogP) is 5.98. The fourth-order valence-electron chi connectivity index (χ4n) is 4.22. The van der Waals surface area contributed by atoms with Gasteiger partial charge in [-0.05, 0) is 36.4 Å². The van der Waals surface area contributed by atoms with Crippen molar-refractivity contribution < 1.29 is 9.59 Å². The standard InChI is InChI=1S/C26H28N2O2S/c1-28(20-12-3-2-4-13-20)25(29)18-31-24-17-8-7-15-22(24)26(30)27-23-16-9-11-19-10-5-6-14-21(19)23/h5-11,14-17,20H,2-4,12-13,18H2,1H3,(H,27,30). The summed E-state index contributed by atoms with van der Waals surface area (Å²) in [4.78, 5) is 28.6. The lowest BCUT2D eigenvalue weighted by Crippen LogP contribution is -2.39. The molecule has 2 amide bonds. The van der Waals surface area contributed by atoms with Crippen LogP contribution in [0.25, 0.3) is 10.8 Å². The molecule has 160 valence electrons. The quantitative estimate of drug-likeness (QED) is 0.488. The molecular formula is C26H28N2O2S. The van der Waals surface area contributed by atoms with Gasteiger partial charge in [-0.2, -0.15) is 0 Å². The summed E-state index contributed by atoms with van der Waals surface area (Å²) in [6.45, 7) is 0. The van der Waals surface area contributed by atoms with Crippen LogP contribution in [0, 0.1) is 0 Å². The van der Waals surface area contributed by atoms with E-state index in [-0.39, 0.29) is 11.8 Å². The molecule has 0 atom stereocenters. The fourth-order valence-corrected chi connectivity index (χ4v) is 5.19. The van der Waals surface area contributed by atoms with Gasteiger partial charge in [-0.1, -0.05) is 67.8 Å². The summed E-state index contributed by atoms with van der Waals surface area (Å²) in [6.07, 6.45) is 5.86. The first kappa shape index (κ1) is 21.4. The first-order valence-corrected chi connectivity index (χ1v) is 11.9. The monoisotopic (exact) mass is 432 g/mol. The summed E-state index contributed by atoms with van der Waals surface area (Å²) in [5.74, 6) is 0.305. The lowest BCUT2D eigenvalue weighted by molar-refractivity contribution is -0.129. The second-order valence-corrected chi connectivity index (χ2v) is 9.08. The minimum absolute atomic E-state index is 0.126. The maximum atomic E-state index is 13.1. The minimum Gasteiger partial charge on any atom is -0.342 e. The van der Waals surface area contributed by atoms with Gasteiger partial charge in [-0.15, -0.1) is 11.8 Å². The number of nitrogens with zero attached hydrogens (tertiary/aromatic N) is 1. The van der Waals surface area contributed by atoms with Gasteiger partial charge in [0.1, 0.15) is 0 Å². The summed E-state index contributed by atoms with van der Waals surface area (Å²) in [5, 5.41) is 5.15. The van der Waals surface area contributed by atoms with Crippen LogP contribution in [0.15, 0.2) is 71.6 Å². The average Bonchev–Trinajstić information content (AvgIpc) is 2.83. The van der Waals surface area contributed by atoms with E-state index in [1.165, 1.54) is 31.0 Å². The van der Waals surface area contributed by atoms with Gasteiger partial charge in [0.2, 0.25) is 5.91 Å². The van der Waals surface area contributed by atoms with E-state index in [4.69, 9.17) is 0 Å². The Kier molecular flexibility index (Phi) is 6.92. The summed E-state index contributed by atoms with van der Waals surface area (Å²) in [6, 6.07) is 21.7. The normalized spacial score (nSPS) is 14.4. The molecule has 0 bridgehead atoms. The van der Waals surface area contributed by atoms with E-state index in [0.29, 0.717) is 17.4 Å². The smallest absolute Gasteiger partial charge is 0.256 e. The first-order valence-electron chi connectivity index (χ1n) is 10.9. The van der Waals surface area contributed by atoms with E-state index in [9.17, 15) is 9.59 Å². The van der Waals surface area contributed by atoms with E-state index in [0.717, 1.165) is 34.2 Å². The lowest BCUT2D eigenvalue weighted by Gasteiger charge is -2.31. The van der Waals surface area contributed by atoms with Crippen LogP contribution in [0.2, 0.25) is 0 Å². The van der Waals surface area contributed by atoms with Crippen LogP contribution in [0.1, 0.15) is 42.5 Å². The highest BCUT2D eigenvalue weighted by Gasteiger charge is 2.22. The first-order chi connectivity index (χ1) is 15.1. The summed E-state index contributed by atoms with van der Waals surface area (Å²) < 4.78 is 0. The van der Waals surface area contributed by atoms with Crippen LogP contribution in [0.4, 0.5) is 5.69 Å². The Labute approximate surface area is 188 Å². The molecule has 3 aromatic rings. The van der Waals surface area contributed by atoms with Crippen LogP contribution in [0.3, 0.4) is 0 Å². The number of thioether (sulfide) groups is 1. The van der Waals surface area contributed by atoms with Gasteiger partial charge in [0.25, 0.3) is 5.91 Å². The molecule has 0 unspecified atom stereocenters. The predicted molar refractivity (Wildman–Crippen MR) is 129 cm³/mol. The van der Waals surface area contributed by atoms with Crippen molar-refractivity contribution in [3.05, 3.63) is 72.3 Å². The van der Waals surface area contributed by atoms with Crippen molar-refractivity contribution in [3.8, 4) is 0 Å². The highest BCUT2D eigenvalue weighted by Crippen LogP contribution is 2.28. The fraction of sp³-hybridized carbons (Fsp3) is 0.308. The topological polar surface area (TPSA) is 49.4 Å². The molecule has 3 aromatic carbocycles. The van der Waals surface area contributed by atoms with Crippen LogP contribution < -0.4 is 5.32 Å². The number of carbonyl (C=O) groups excluding carboxylic acids is 2. The number of nitrogens with one attached hydrogen (secondary N) is 1. The van der Waals surface area contributed by atoms with E-state index in [1.54, 1.807) is 0 Å². The van der Waals surface area contributed by atoms with Crippen molar-refractivity contribution in [3.63, 3.8) is 0 Å². The van der Waals surface area contributed by atoms with Gasteiger partial charge in [0.15, 0.2) is 0 Å². The van der Waals surface area contributed by atoms with Gasteiger partial charge in [-0.25, -0.2) is 0 Å². The highest BCUT2D eigenvalue weighted by atomic mass is 32.2. The van der Waals surface area contributed by atoms with Gasteiger partial charge < -0.3 is 10.2 Å². The summed E-state index contributed by atoms with van der Waals surface area (Å²) >= 11 is 1.44. The number of rotatable bonds is 6. The Balaban J connectivity index is 1.45. The third-order valence-electron chi connectivity index (χ3n) is 6.04. The van der Waals surface area contributed by atoms with Crippen molar-refractivity contribution in [1.82, 2.24) is 4.90 Å². The van der Waals surface area contributed by atoms with E-state index < -0.39 is 0 Å². The SMILES string of the molecule is CN(C(=O)CSc1ccccc1C(=O)Nc1cccc2ccccc12)C1CCCCC1. The van der Waals surface area contributed by atoms with Crippen LogP contribution in [-0.4, -0.2) is 35.6 Å². The molecule has 0 aromatic heterocycles. The van der Waals surface area contributed by atoms with Crippen LogP contribution in [-0.2, 0) is 4.79 Å². The third kappa shape index (κ3) is 5.10. The molecule has 0 radical (unpaired) electrons. The Morgan fingerprint density at radius 1 is 0.935 bits per heavy atom. The Morgan fingerprint density at radius 3 is 2.48 bits per heavy atom. The third-order valence-corrected chi connectivity index (χ3v) is 7.09. The van der Waals surface area contributed by atoms with Crippen molar-refractivity contribution >= 4 is 40.0 Å². The van der Waals surface area contributed by atoms with E-state index in [1.807, 2.05) is 78.7 Å². The zero-order chi connectivity index (χ0) is 21.6. The number of fused-ring (bicyclic) bond motifs is 1. The van der Waals surface area contributed by atoms with Gasteiger partial charge in [-0.3, -0.25) is 9.59 Å². The summed E-state index contributed by atoms with van der Waals surface area (Å²) in [7, 11) is 1.91. The number of hydrogen-bond donors (Lipinski definition) is 1. The van der Waals surface area contributed by atoms with Gasteiger partial charge in [0, 0.05) is 29.1 Å². The molecule has 1 N–H and O–H groups in total. The molecule has 1 saturated carbocycles. The number of amides is 2. The largest absolute Gasteiger partial charge is 0.342 e. The molecule has 0 aliphatic heterocycles. The molecule has 0 heterocycles. The molecule has 31 heavy (non-hydrogen) atoms. The number of benzene rings is 3. The van der Waals surface area contributed by atoms with E-state index in [2.05, 4.69) is 5.32 Å². The maximum absolute atomic E-state index is 13.1. The van der Waals surface area contributed by atoms with Gasteiger partial charge >= 0.3 is 0 Å². The number of anilines is 1.